The summed E-state index contributed by atoms with van der Waals surface area (Å²) in [4.78, 5) is 0. The number of halogens is 1. The summed E-state index contributed by atoms with van der Waals surface area (Å²) in [5.41, 5.74) is 1.17. The minimum absolute atomic E-state index is 0.719. The van der Waals surface area contributed by atoms with E-state index in [4.69, 9.17) is 21.1 Å². The number of alkyl halides is 1. The number of unbranched alkanes of at least 4 members (excludes halogenated alkanes) is 2. The van der Waals surface area contributed by atoms with Gasteiger partial charge in [0.2, 0.25) is 0 Å². The van der Waals surface area contributed by atoms with Gasteiger partial charge in [0, 0.05) is 5.88 Å². The summed E-state index contributed by atoms with van der Waals surface area (Å²) in [6, 6.07) is 5.96. The van der Waals surface area contributed by atoms with Crippen molar-refractivity contribution in [1.29, 1.82) is 0 Å². The maximum absolute atomic E-state index is 5.66. The van der Waals surface area contributed by atoms with Crippen LogP contribution in [0.25, 0.3) is 0 Å². The van der Waals surface area contributed by atoms with Crippen LogP contribution >= 0.6 is 11.6 Å². The monoisotopic (exact) mass is 242 g/mol. The normalized spacial score (nSPS) is 10.2. The number of hydrogen-bond donors (Lipinski definition) is 0. The Bertz CT molecular complexity index is 313. The standard InChI is InChI=1S/C13H19ClO2/c1-11-6-7-12(13(10-11)15-2)16-9-5-3-4-8-14/h6-7,10H,3-5,8-9H2,1-2H3. The van der Waals surface area contributed by atoms with Crippen LogP contribution < -0.4 is 9.47 Å². The molecule has 0 bridgehead atoms. The van der Waals surface area contributed by atoms with Crippen LogP contribution in [0.1, 0.15) is 24.8 Å². The van der Waals surface area contributed by atoms with Crippen LogP contribution in [0.15, 0.2) is 18.2 Å². The van der Waals surface area contributed by atoms with Crippen molar-refractivity contribution in [2.75, 3.05) is 19.6 Å². The molecule has 0 saturated heterocycles. The number of benzene rings is 1. The van der Waals surface area contributed by atoms with Gasteiger partial charge in [0.1, 0.15) is 0 Å². The molecule has 2 nitrogen and oxygen atoms in total. The lowest BCUT2D eigenvalue weighted by molar-refractivity contribution is 0.286. The van der Waals surface area contributed by atoms with Crippen LogP contribution in [-0.2, 0) is 0 Å². The zero-order valence-electron chi connectivity index (χ0n) is 9.96. The molecule has 1 rings (SSSR count). The fourth-order valence-electron chi connectivity index (χ4n) is 1.45. The van der Waals surface area contributed by atoms with E-state index < -0.39 is 0 Å². The van der Waals surface area contributed by atoms with Crippen LogP contribution in [-0.4, -0.2) is 19.6 Å². The molecule has 1 aromatic rings. The van der Waals surface area contributed by atoms with Gasteiger partial charge in [-0.2, -0.15) is 0 Å². The smallest absolute Gasteiger partial charge is 0.161 e. The van der Waals surface area contributed by atoms with Crippen molar-refractivity contribution in [1.82, 2.24) is 0 Å². The Labute approximate surface area is 103 Å². The Morgan fingerprint density at radius 1 is 1.12 bits per heavy atom. The van der Waals surface area contributed by atoms with Gasteiger partial charge in [-0.05, 0) is 43.9 Å². The van der Waals surface area contributed by atoms with E-state index in [-0.39, 0.29) is 0 Å². The van der Waals surface area contributed by atoms with Crippen molar-refractivity contribution in [2.24, 2.45) is 0 Å². The Balaban J connectivity index is 2.41. The number of methoxy groups -OCH3 is 1. The van der Waals surface area contributed by atoms with Crippen molar-refractivity contribution in [3.8, 4) is 11.5 Å². The maximum Gasteiger partial charge on any atom is 0.161 e. The molecule has 0 heterocycles. The van der Waals surface area contributed by atoms with Crippen LogP contribution in [0.5, 0.6) is 11.5 Å². The molecule has 90 valence electrons. The second kappa shape index (κ2) is 7.39. The predicted octanol–water partition coefficient (Wildman–Crippen LogP) is 3.79. The molecule has 0 unspecified atom stereocenters. The van der Waals surface area contributed by atoms with Gasteiger partial charge in [-0.15, -0.1) is 11.6 Å². The van der Waals surface area contributed by atoms with Crippen LogP contribution in [0.2, 0.25) is 0 Å². The third-order valence-corrected chi connectivity index (χ3v) is 2.62. The number of hydrogen-bond acceptors (Lipinski definition) is 2. The SMILES string of the molecule is COc1cc(C)ccc1OCCCCCCl. The zero-order valence-corrected chi connectivity index (χ0v) is 10.7. The molecule has 0 aliphatic carbocycles. The molecular weight excluding hydrogens is 224 g/mol. The lowest BCUT2D eigenvalue weighted by Gasteiger charge is -2.10. The second-order valence-electron chi connectivity index (χ2n) is 3.75. The van der Waals surface area contributed by atoms with Gasteiger partial charge in [-0.25, -0.2) is 0 Å². The van der Waals surface area contributed by atoms with Crippen molar-refractivity contribution in [2.45, 2.75) is 26.2 Å². The summed E-state index contributed by atoms with van der Waals surface area (Å²) in [6.07, 6.45) is 3.19. The van der Waals surface area contributed by atoms with Crippen molar-refractivity contribution in [3.63, 3.8) is 0 Å². The highest BCUT2D eigenvalue weighted by Crippen LogP contribution is 2.27. The number of rotatable bonds is 7. The average molecular weight is 243 g/mol. The van der Waals surface area contributed by atoms with Crippen LogP contribution in [0, 0.1) is 6.92 Å². The molecule has 0 atom stereocenters. The highest BCUT2D eigenvalue weighted by atomic mass is 35.5. The van der Waals surface area contributed by atoms with Crippen LogP contribution in [0.3, 0.4) is 0 Å². The summed E-state index contributed by atoms with van der Waals surface area (Å²) in [5.74, 6) is 2.35. The minimum atomic E-state index is 0.719. The molecule has 16 heavy (non-hydrogen) atoms. The minimum Gasteiger partial charge on any atom is -0.493 e. The third kappa shape index (κ3) is 4.31. The largest absolute Gasteiger partial charge is 0.493 e. The first-order chi connectivity index (χ1) is 7.77. The van der Waals surface area contributed by atoms with E-state index in [1.54, 1.807) is 7.11 Å². The molecular formula is C13H19ClO2. The summed E-state index contributed by atoms with van der Waals surface area (Å²) in [6.45, 7) is 2.75. The van der Waals surface area contributed by atoms with E-state index >= 15 is 0 Å². The summed E-state index contributed by atoms with van der Waals surface area (Å²) in [7, 11) is 1.66. The molecule has 0 spiro atoms. The first-order valence-electron chi connectivity index (χ1n) is 5.61. The van der Waals surface area contributed by atoms with Crippen molar-refractivity contribution in [3.05, 3.63) is 23.8 Å². The van der Waals surface area contributed by atoms with E-state index in [2.05, 4.69) is 0 Å². The van der Waals surface area contributed by atoms with Gasteiger partial charge in [-0.3, -0.25) is 0 Å². The second-order valence-corrected chi connectivity index (χ2v) is 4.13. The van der Waals surface area contributed by atoms with E-state index in [0.29, 0.717) is 0 Å². The quantitative estimate of drug-likeness (QED) is 0.535. The molecule has 0 radical (unpaired) electrons. The summed E-state index contributed by atoms with van der Waals surface area (Å²) < 4.78 is 10.9. The molecule has 0 saturated carbocycles. The molecule has 3 heteroatoms. The van der Waals surface area contributed by atoms with Crippen molar-refractivity contribution >= 4 is 11.6 Å². The van der Waals surface area contributed by atoms with Gasteiger partial charge in [0.25, 0.3) is 0 Å². The number of aryl methyl sites for hydroxylation is 1. The van der Waals surface area contributed by atoms with Gasteiger partial charge in [0.05, 0.1) is 13.7 Å². The molecule has 0 aliphatic heterocycles. The molecule has 0 N–H and O–H groups in total. The Hall–Kier alpha value is -0.890. The molecule has 0 aliphatic rings. The van der Waals surface area contributed by atoms with E-state index in [0.717, 1.165) is 43.2 Å². The Morgan fingerprint density at radius 3 is 2.62 bits per heavy atom. The topological polar surface area (TPSA) is 18.5 Å². The van der Waals surface area contributed by atoms with E-state index in [1.807, 2.05) is 25.1 Å². The molecule has 0 amide bonds. The lowest BCUT2D eigenvalue weighted by atomic mass is 10.2. The summed E-state index contributed by atoms with van der Waals surface area (Å²) >= 11 is 5.60. The fraction of sp³-hybridized carbons (Fsp3) is 0.538. The maximum atomic E-state index is 5.66. The molecule has 1 aromatic carbocycles. The van der Waals surface area contributed by atoms with Crippen LogP contribution in [0.4, 0.5) is 0 Å². The predicted molar refractivity (Wildman–Crippen MR) is 67.8 cm³/mol. The fourth-order valence-corrected chi connectivity index (χ4v) is 1.64. The first kappa shape index (κ1) is 13.2. The summed E-state index contributed by atoms with van der Waals surface area (Å²) in [5, 5.41) is 0. The van der Waals surface area contributed by atoms with Crippen molar-refractivity contribution < 1.29 is 9.47 Å². The lowest BCUT2D eigenvalue weighted by Crippen LogP contribution is -1.99. The number of ether oxygens (including phenoxy) is 2. The zero-order chi connectivity index (χ0) is 11.8. The van der Waals surface area contributed by atoms with Gasteiger partial charge >= 0.3 is 0 Å². The first-order valence-corrected chi connectivity index (χ1v) is 6.14. The molecule has 0 fully saturated rings. The van der Waals surface area contributed by atoms with E-state index in [1.165, 1.54) is 5.56 Å². The van der Waals surface area contributed by atoms with Gasteiger partial charge < -0.3 is 9.47 Å². The highest BCUT2D eigenvalue weighted by molar-refractivity contribution is 6.17. The average Bonchev–Trinajstić information content (AvgIpc) is 2.30. The molecule has 0 aromatic heterocycles. The Kier molecular flexibility index (Phi) is 6.09. The van der Waals surface area contributed by atoms with Gasteiger partial charge in [0.15, 0.2) is 11.5 Å². The third-order valence-electron chi connectivity index (χ3n) is 2.35. The Morgan fingerprint density at radius 2 is 1.94 bits per heavy atom. The highest BCUT2D eigenvalue weighted by Gasteiger charge is 2.03. The van der Waals surface area contributed by atoms with Gasteiger partial charge in [-0.1, -0.05) is 6.07 Å². The van der Waals surface area contributed by atoms with E-state index in [9.17, 15) is 0 Å².